The van der Waals surface area contributed by atoms with Crippen LogP contribution < -0.4 is 5.32 Å². The van der Waals surface area contributed by atoms with Crippen LogP contribution in [-0.4, -0.2) is 18.2 Å². The Morgan fingerprint density at radius 1 is 0.950 bits per heavy atom. The molecule has 1 saturated heterocycles. The number of benzene rings is 1. The Bertz CT molecular complexity index is 402. The fourth-order valence-electron chi connectivity index (χ4n) is 3.16. The number of nitrogens with one attached hydrogen (secondary N) is 1. The lowest BCUT2D eigenvalue weighted by molar-refractivity contribution is -0.0433. The minimum absolute atomic E-state index is 0.367. The molecule has 0 aromatic heterocycles. The van der Waals surface area contributed by atoms with Gasteiger partial charge in [-0.1, -0.05) is 38.1 Å². The highest BCUT2D eigenvalue weighted by Crippen LogP contribution is 2.23. The van der Waals surface area contributed by atoms with Crippen molar-refractivity contribution in [3.05, 3.63) is 35.4 Å². The Morgan fingerprint density at radius 2 is 1.45 bits per heavy atom. The molecule has 0 spiro atoms. The van der Waals surface area contributed by atoms with Crippen LogP contribution in [0.1, 0.15) is 70.5 Å². The van der Waals surface area contributed by atoms with Gasteiger partial charge in [-0.05, 0) is 50.7 Å². The van der Waals surface area contributed by atoms with Crippen LogP contribution in [0, 0.1) is 0 Å². The minimum Gasteiger partial charge on any atom is -0.375 e. The van der Waals surface area contributed by atoms with Gasteiger partial charge in [-0.3, -0.25) is 0 Å². The molecule has 112 valence electrons. The molecule has 2 nitrogen and oxygen atoms in total. The molecule has 1 aromatic carbocycles. The Hall–Kier alpha value is -0.860. The van der Waals surface area contributed by atoms with E-state index in [4.69, 9.17) is 4.74 Å². The van der Waals surface area contributed by atoms with Crippen LogP contribution in [0.5, 0.6) is 0 Å². The summed E-state index contributed by atoms with van der Waals surface area (Å²) in [6.45, 7) is 11.1. The molecule has 3 atom stereocenters. The third-order valence-electron chi connectivity index (χ3n) is 4.29. The maximum Gasteiger partial charge on any atom is 0.0565 e. The Balaban J connectivity index is 1.95. The van der Waals surface area contributed by atoms with E-state index < -0.39 is 0 Å². The highest BCUT2D eigenvalue weighted by Gasteiger charge is 2.25. The van der Waals surface area contributed by atoms with Gasteiger partial charge >= 0.3 is 0 Å². The van der Waals surface area contributed by atoms with E-state index in [1.807, 2.05) is 0 Å². The summed E-state index contributed by atoms with van der Waals surface area (Å²) in [6.07, 6.45) is 2.95. The molecular formula is C18H29NO. The second kappa shape index (κ2) is 6.73. The van der Waals surface area contributed by atoms with Gasteiger partial charge in [0.2, 0.25) is 0 Å². The first-order valence-corrected chi connectivity index (χ1v) is 7.97. The van der Waals surface area contributed by atoms with Crippen LogP contribution >= 0.6 is 0 Å². The zero-order chi connectivity index (χ0) is 14.7. The third-order valence-corrected chi connectivity index (χ3v) is 4.29. The second-order valence-corrected chi connectivity index (χ2v) is 6.64. The van der Waals surface area contributed by atoms with E-state index >= 15 is 0 Å². The normalized spacial score (nSPS) is 28.6. The van der Waals surface area contributed by atoms with Crippen LogP contribution in [0.25, 0.3) is 0 Å². The first kappa shape index (κ1) is 15.5. The average Bonchev–Trinajstić information content (AvgIpc) is 2.37. The Labute approximate surface area is 123 Å². The monoisotopic (exact) mass is 275 g/mol. The molecular weight excluding hydrogens is 246 g/mol. The van der Waals surface area contributed by atoms with E-state index in [1.165, 1.54) is 11.1 Å². The molecule has 1 aliphatic rings. The maximum absolute atomic E-state index is 5.81. The molecule has 2 rings (SSSR count). The molecule has 1 aliphatic heterocycles. The van der Waals surface area contributed by atoms with Gasteiger partial charge in [0, 0.05) is 12.1 Å². The van der Waals surface area contributed by atoms with Gasteiger partial charge in [0.25, 0.3) is 0 Å². The summed E-state index contributed by atoms with van der Waals surface area (Å²) in [6, 6.07) is 10.0. The van der Waals surface area contributed by atoms with Crippen molar-refractivity contribution < 1.29 is 4.74 Å². The van der Waals surface area contributed by atoms with Gasteiger partial charge in [0.15, 0.2) is 0 Å². The zero-order valence-electron chi connectivity index (χ0n) is 13.5. The molecule has 1 fully saturated rings. The second-order valence-electron chi connectivity index (χ2n) is 6.64. The number of rotatable bonds is 4. The number of hydrogen-bond donors (Lipinski definition) is 1. The van der Waals surface area contributed by atoms with Crippen molar-refractivity contribution in [1.29, 1.82) is 0 Å². The van der Waals surface area contributed by atoms with Crippen LogP contribution in [0.4, 0.5) is 0 Å². The Kier molecular flexibility index (Phi) is 5.22. The summed E-state index contributed by atoms with van der Waals surface area (Å²) in [4.78, 5) is 0. The van der Waals surface area contributed by atoms with Crippen molar-refractivity contribution in [1.82, 2.24) is 5.32 Å². The molecule has 2 heteroatoms. The molecule has 0 amide bonds. The van der Waals surface area contributed by atoms with E-state index in [-0.39, 0.29) is 0 Å². The molecule has 1 aromatic rings. The topological polar surface area (TPSA) is 21.3 Å². The standard InChI is InChI=1S/C18H29NO/c1-12(2)16-6-8-17(9-7-16)15(5)19-18-10-13(3)20-14(4)11-18/h6-9,12-15,18-19H,10-11H2,1-5H3. The predicted molar refractivity (Wildman–Crippen MR) is 85.1 cm³/mol. The van der Waals surface area contributed by atoms with Crippen molar-refractivity contribution in [3.8, 4) is 0 Å². The predicted octanol–water partition coefficient (Wildman–Crippen LogP) is 4.42. The van der Waals surface area contributed by atoms with Crippen LogP contribution in [0.2, 0.25) is 0 Å². The van der Waals surface area contributed by atoms with Gasteiger partial charge in [-0.15, -0.1) is 0 Å². The van der Waals surface area contributed by atoms with Crippen LogP contribution in [-0.2, 0) is 4.74 Å². The molecule has 0 radical (unpaired) electrons. The summed E-state index contributed by atoms with van der Waals surface area (Å²) >= 11 is 0. The molecule has 20 heavy (non-hydrogen) atoms. The van der Waals surface area contributed by atoms with Crippen LogP contribution in [0.15, 0.2) is 24.3 Å². The fraction of sp³-hybridized carbons (Fsp3) is 0.667. The Morgan fingerprint density at radius 3 is 1.95 bits per heavy atom. The molecule has 0 bridgehead atoms. The SMILES string of the molecule is CC1CC(NC(C)c2ccc(C(C)C)cc2)CC(C)O1. The van der Waals surface area contributed by atoms with Gasteiger partial charge in [0.1, 0.15) is 0 Å². The first-order valence-electron chi connectivity index (χ1n) is 7.97. The lowest BCUT2D eigenvalue weighted by Gasteiger charge is -2.34. The lowest BCUT2D eigenvalue weighted by Crippen LogP contribution is -2.42. The zero-order valence-corrected chi connectivity index (χ0v) is 13.5. The van der Waals surface area contributed by atoms with Crippen molar-refractivity contribution in [2.75, 3.05) is 0 Å². The fourth-order valence-corrected chi connectivity index (χ4v) is 3.16. The molecule has 3 unspecified atom stereocenters. The van der Waals surface area contributed by atoms with Gasteiger partial charge in [-0.25, -0.2) is 0 Å². The van der Waals surface area contributed by atoms with Crippen LogP contribution in [0.3, 0.4) is 0 Å². The van der Waals surface area contributed by atoms with E-state index in [9.17, 15) is 0 Å². The summed E-state index contributed by atoms with van der Waals surface area (Å²) in [7, 11) is 0. The van der Waals surface area contributed by atoms with Crippen molar-refractivity contribution in [2.45, 2.75) is 77.7 Å². The van der Waals surface area contributed by atoms with Crippen molar-refractivity contribution in [2.24, 2.45) is 0 Å². The van der Waals surface area contributed by atoms with Gasteiger partial charge in [0.05, 0.1) is 12.2 Å². The average molecular weight is 275 g/mol. The maximum atomic E-state index is 5.81. The molecule has 1 N–H and O–H groups in total. The summed E-state index contributed by atoms with van der Waals surface area (Å²) < 4.78 is 5.81. The van der Waals surface area contributed by atoms with E-state index in [0.717, 1.165) is 12.8 Å². The van der Waals surface area contributed by atoms with E-state index in [0.29, 0.717) is 30.2 Å². The smallest absolute Gasteiger partial charge is 0.0565 e. The van der Waals surface area contributed by atoms with E-state index in [1.54, 1.807) is 0 Å². The molecule has 0 saturated carbocycles. The van der Waals surface area contributed by atoms with Crippen molar-refractivity contribution >= 4 is 0 Å². The lowest BCUT2D eigenvalue weighted by atomic mass is 9.96. The summed E-state index contributed by atoms with van der Waals surface area (Å²) in [5.74, 6) is 0.601. The quantitative estimate of drug-likeness (QED) is 0.878. The van der Waals surface area contributed by atoms with Crippen molar-refractivity contribution in [3.63, 3.8) is 0 Å². The van der Waals surface area contributed by atoms with Gasteiger partial charge in [-0.2, -0.15) is 0 Å². The largest absolute Gasteiger partial charge is 0.375 e. The molecule has 1 heterocycles. The van der Waals surface area contributed by atoms with E-state index in [2.05, 4.69) is 64.2 Å². The summed E-state index contributed by atoms with van der Waals surface area (Å²) in [5.41, 5.74) is 2.79. The highest BCUT2D eigenvalue weighted by molar-refractivity contribution is 5.26. The third kappa shape index (κ3) is 4.07. The molecule has 0 aliphatic carbocycles. The minimum atomic E-state index is 0.367. The summed E-state index contributed by atoms with van der Waals surface area (Å²) in [5, 5.41) is 3.76. The van der Waals surface area contributed by atoms with Gasteiger partial charge < -0.3 is 10.1 Å². The highest BCUT2D eigenvalue weighted by atomic mass is 16.5. The number of ether oxygens (including phenoxy) is 1. The first-order chi connectivity index (χ1) is 9.45. The number of hydrogen-bond acceptors (Lipinski definition) is 2.